The van der Waals surface area contributed by atoms with Crippen LogP contribution in [-0.2, 0) is 10.0 Å². The topological polar surface area (TPSA) is 49.4 Å². The molecule has 2 bridgehead atoms. The maximum absolute atomic E-state index is 12.9. The second kappa shape index (κ2) is 3.76. The summed E-state index contributed by atoms with van der Waals surface area (Å²) in [5, 5.41) is 3.21. The predicted octanol–water partition coefficient (Wildman–Crippen LogP) is 1.49. The monoisotopic (exact) mass is 324 g/mol. The van der Waals surface area contributed by atoms with Crippen molar-refractivity contribution in [3.63, 3.8) is 0 Å². The van der Waals surface area contributed by atoms with Gasteiger partial charge < -0.3 is 5.32 Å². The smallest absolute Gasteiger partial charge is 0.316 e. The third-order valence-electron chi connectivity index (χ3n) is 6.25. The van der Waals surface area contributed by atoms with E-state index >= 15 is 0 Å². The Morgan fingerprint density at radius 3 is 1.90 bits per heavy atom. The van der Waals surface area contributed by atoms with E-state index in [4.69, 9.17) is 0 Å². The molecule has 0 aromatic heterocycles. The molecule has 8 heteroatoms. The molecule has 1 spiro atoms. The Balaban J connectivity index is 1.45. The highest BCUT2D eigenvalue weighted by molar-refractivity contribution is 7.90. The Morgan fingerprint density at radius 1 is 1.00 bits per heavy atom. The lowest BCUT2D eigenvalue weighted by atomic mass is 9.43. The van der Waals surface area contributed by atoms with Crippen LogP contribution in [0.2, 0.25) is 0 Å². The van der Waals surface area contributed by atoms with E-state index in [9.17, 15) is 21.6 Å². The maximum Gasteiger partial charge on any atom is 0.394 e. The minimum atomic E-state index is -4.26. The molecule has 120 valence electrons. The zero-order valence-corrected chi connectivity index (χ0v) is 12.5. The quantitative estimate of drug-likeness (QED) is 0.837. The molecule has 1 N–H and O–H groups in total. The number of nitrogens with one attached hydrogen (secondary N) is 1. The first-order valence-electron chi connectivity index (χ1n) is 7.41. The van der Waals surface area contributed by atoms with Gasteiger partial charge in [0.1, 0.15) is 0 Å². The molecule has 2 aliphatic heterocycles. The highest BCUT2D eigenvalue weighted by Gasteiger charge is 2.83. The SMILES string of the molecule is O=S(=O)(N1CCC2(CC1)CNC2)C12CC(C(F)(F)F)(C1)C2. The van der Waals surface area contributed by atoms with E-state index < -0.39 is 26.4 Å². The van der Waals surface area contributed by atoms with Crippen molar-refractivity contribution in [1.82, 2.24) is 9.62 Å². The van der Waals surface area contributed by atoms with Crippen molar-refractivity contribution in [3.8, 4) is 0 Å². The lowest BCUT2D eigenvalue weighted by molar-refractivity contribution is -0.315. The van der Waals surface area contributed by atoms with Crippen LogP contribution in [0.25, 0.3) is 0 Å². The fourth-order valence-electron chi connectivity index (χ4n) is 4.58. The number of halogens is 3. The summed E-state index contributed by atoms with van der Waals surface area (Å²) >= 11 is 0. The van der Waals surface area contributed by atoms with Gasteiger partial charge in [-0.1, -0.05) is 0 Å². The molecule has 0 radical (unpaired) electrons. The zero-order valence-electron chi connectivity index (χ0n) is 11.7. The van der Waals surface area contributed by atoms with Gasteiger partial charge in [0.2, 0.25) is 10.0 Å². The summed E-state index contributed by atoms with van der Waals surface area (Å²) < 4.78 is 64.3. The van der Waals surface area contributed by atoms with Gasteiger partial charge >= 0.3 is 6.18 Å². The number of nitrogens with zero attached hydrogens (tertiary/aromatic N) is 1. The molecular formula is C13H19F3N2O2S. The summed E-state index contributed by atoms with van der Waals surface area (Å²) in [6.45, 7) is 2.79. The van der Waals surface area contributed by atoms with Crippen molar-refractivity contribution >= 4 is 10.0 Å². The van der Waals surface area contributed by atoms with E-state index in [1.54, 1.807) is 0 Å². The molecule has 2 saturated heterocycles. The average Bonchev–Trinajstić information content (AvgIpc) is 2.20. The Hall–Kier alpha value is -0.340. The van der Waals surface area contributed by atoms with Gasteiger partial charge in [-0.3, -0.25) is 0 Å². The van der Waals surface area contributed by atoms with E-state index in [1.807, 2.05) is 0 Å². The average molecular weight is 324 g/mol. The Bertz CT molecular complexity index is 553. The molecule has 2 heterocycles. The van der Waals surface area contributed by atoms with E-state index in [-0.39, 0.29) is 24.7 Å². The second-order valence-corrected chi connectivity index (χ2v) is 9.83. The molecule has 0 amide bonds. The number of piperidine rings is 1. The Kier molecular flexibility index (Phi) is 2.56. The van der Waals surface area contributed by atoms with E-state index in [2.05, 4.69) is 5.32 Å². The molecule has 0 aromatic carbocycles. The van der Waals surface area contributed by atoms with Crippen molar-refractivity contribution in [2.45, 2.75) is 43.0 Å². The summed E-state index contributed by atoms with van der Waals surface area (Å²) in [5.41, 5.74) is -1.46. The van der Waals surface area contributed by atoms with Crippen LogP contribution in [0.1, 0.15) is 32.1 Å². The van der Waals surface area contributed by atoms with E-state index in [1.165, 1.54) is 4.31 Å². The van der Waals surface area contributed by atoms with Crippen LogP contribution in [0, 0.1) is 10.8 Å². The van der Waals surface area contributed by atoms with Crippen LogP contribution < -0.4 is 5.32 Å². The molecule has 5 rings (SSSR count). The minimum Gasteiger partial charge on any atom is -0.316 e. The first kappa shape index (κ1) is 14.3. The van der Waals surface area contributed by atoms with Gasteiger partial charge in [0.15, 0.2) is 0 Å². The highest BCUT2D eigenvalue weighted by atomic mass is 32.2. The number of sulfonamides is 1. The van der Waals surface area contributed by atoms with Gasteiger partial charge in [-0.15, -0.1) is 0 Å². The van der Waals surface area contributed by atoms with Crippen LogP contribution in [0.4, 0.5) is 13.2 Å². The standard InChI is InChI=1S/C13H19F3N2O2S/c14-13(15,16)11-5-12(6-11,7-11)21(19,20)18-3-1-10(2-4-18)8-17-9-10/h17H,1-9H2. The fourth-order valence-corrected chi connectivity index (χ4v) is 7.16. The third-order valence-corrected chi connectivity index (χ3v) is 8.83. The van der Waals surface area contributed by atoms with E-state index in [0.29, 0.717) is 13.1 Å². The largest absolute Gasteiger partial charge is 0.394 e. The number of rotatable bonds is 2. The van der Waals surface area contributed by atoms with E-state index in [0.717, 1.165) is 25.9 Å². The molecule has 5 fully saturated rings. The number of alkyl halides is 3. The van der Waals surface area contributed by atoms with Gasteiger partial charge in [-0.05, 0) is 37.5 Å². The summed E-state index contributed by atoms with van der Waals surface area (Å²) in [6, 6.07) is 0. The lowest BCUT2D eigenvalue weighted by Crippen LogP contribution is -2.77. The molecule has 5 aliphatic rings. The van der Waals surface area contributed by atoms with Gasteiger partial charge in [-0.25, -0.2) is 12.7 Å². The Morgan fingerprint density at radius 2 is 1.52 bits per heavy atom. The van der Waals surface area contributed by atoms with Gasteiger partial charge in [0.05, 0.1) is 10.2 Å². The molecular weight excluding hydrogens is 305 g/mol. The molecule has 4 nitrogen and oxygen atoms in total. The summed E-state index contributed by atoms with van der Waals surface area (Å²) in [7, 11) is -3.58. The molecule has 3 saturated carbocycles. The molecule has 0 aromatic rings. The van der Waals surface area contributed by atoms with Crippen LogP contribution >= 0.6 is 0 Å². The minimum absolute atomic E-state index is 0.227. The molecule has 0 atom stereocenters. The number of hydrogen-bond acceptors (Lipinski definition) is 3. The molecule has 0 unspecified atom stereocenters. The van der Waals surface area contributed by atoms with Crippen molar-refractivity contribution in [3.05, 3.63) is 0 Å². The fraction of sp³-hybridized carbons (Fsp3) is 1.00. The highest BCUT2D eigenvalue weighted by Crippen LogP contribution is 2.76. The normalized spacial score (nSPS) is 42.0. The second-order valence-electron chi connectivity index (χ2n) is 7.50. The zero-order chi connectivity index (χ0) is 15.1. The van der Waals surface area contributed by atoms with Crippen LogP contribution in [-0.4, -0.2) is 49.8 Å². The summed E-state index contributed by atoms with van der Waals surface area (Å²) in [5.74, 6) is 0. The first-order valence-corrected chi connectivity index (χ1v) is 8.85. The van der Waals surface area contributed by atoms with Crippen LogP contribution in [0.3, 0.4) is 0 Å². The van der Waals surface area contributed by atoms with Crippen LogP contribution in [0.15, 0.2) is 0 Å². The van der Waals surface area contributed by atoms with Crippen molar-refractivity contribution in [1.29, 1.82) is 0 Å². The van der Waals surface area contributed by atoms with Gasteiger partial charge in [0.25, 0.3) is 0 Å². The summed E-state index contributed by atoms with van der Waals surface area (Å²) in [6.07, 6.45) is -3.30. The predicted molar refractivity (Wildman–Crippen MR) is 70.1 cm³/mol. The third kappa shape index (κ3) is 1.61. The first-order chi connectivity index (χ1) is 9.64. The maximum atomic E-state index is 12.9. The molecule has 3 aliphatic carbocycles. The molecule has 21 heavy (non-hydrogen) atoms. The van der Waals surface area contributed by atoms with Crippen LogP contribution in [0.5, 0.6) is 0 Å². The lowest BCUT2D eigenvalue weighted by Gasteiger charge is -2.69. The van der Waals surface area contributed by atoms with Gasteiger partial charge in [0, 0.05) is 26.2 Å². The Labute approximate surface area is 122 Å². The van der Waals surface area contributed by atoms with Crippen molar-refractivity contribution in [2.24, 2.45) is 10.8 Å². The summed E-state index contributed by atoms with van der Waals surface area (Å²) in [4.78, 5) is 0. The van der Waals surface area contributed by atoms with Gasteiger partial charge in [-0.2, -0.15) is 13.2 Å². The number of hydrogen-bond donors (Lipinski definition) is 1. The van der Waals surface area contributed by atoms with Crippen molar-refractivity contribution < 1.29 is 21.6 Å². The van der Waals surface area contributed by atoms with Crippen molar-refractivity contribution in [2.75, 3.05) is 26.2 Å².